The summed E-state index contributed by atoms with van der Waals surface area (Å²) >= 11 is 0. The number of carbonyl (C=O) groups is 2. The normalized spacial score (nSPS) is 16.8. The van der Waals surface area contributed by atoms with Gasteiger partial charge in [-0.3, -0.25) is 4.79 Å². The van der Waals surface area contributed by atoms with Crippen LogP contribution in [0.3, 0.4) is 0 Å². The molecule has 3 amide bonds. The maximum absolute atomic E-state index is 13.0. The topological polar surface area (TPSA) is 40.6 Å². The predicted octanol–water partition coefficient (Wildman–Crippen LogP) is 2.88. The molecule has 1 heterocycles. The summed E-state index contributed by atoms with van der Waals surface area (Å²) in [5, 5.41) is 0. The molecule has 0 N–H and O–H groups in total. The van der Waals surface area contributed by atoms with Crippen molar-refractivity contribution in [1.82, 2.24) is 4.90 Å². The largest absolute Gasteiger partial charge is 0.418 e. The van der Waals surface area contributed by atoms with Crippen LogP contribution in [0.2, 0.25) is 0 Å². The van der Waals surface area contributed by atoms with E-state index in [2.05, 4.69) is 0 Å². The van der Waals surface area contributed by atoms with E-state index in [1.54, 1.807) is 6.92 Å². The summed E-state index contributed by atoms with van der Waals surface area (Å²) in [5.74, 6) is -0.614. The molecule has 0 aromatic heterocycles. The summed E-state index contributed by atoms with van der Waals surface area (Å²) < 4.78 is 38.9. The Morgan fingerprint density at radius 1 is 1.20 bits per heavy atom. The molecule has 0 bridgehead atoms. The minimum Gasteiger partial charge on any atom is -0.324 e. The van der Waals surface area contributed by atoms with Gasteiger partial charge in [0.25, 0.3) is 0 Å². The Morgan fingerprint density at radius 3 is 2.45 bits per heavy atom. The van der Waals surface area contributed by atoms with Gasteiger partial charge in [0.1, 0.15) is 0 Å². The number of imide groups is 1. The van der Waals surface area contributed by atoms with Crippen LogP contribution in [-0.2, 0) is 11.0 Å². The van der Waals surface area contributed by atoms with Crippen LogP contribution in [0.4, 0.5) is 23.7 Å². The summed E-state index contributed by atoms with van der Waals surface area (Å²) in [7, 11) is 0. The number of urea groups is 1. The van der Waals surface area contributed by atoms with Gasteiger partial charge in [-0.05, 0) is 19.1 Å². The lowest BCUT2D eigenvalue weighted by atomic mass is 10.1. The molecule has 0 unspecified atom stereocenters. The predicted molar refractivity (Wildman–Crippen MR) is 66.2 cm³/mol. The highest BCUT2D eigenvalue weighted by atomic mass is 19.4. The lowest BCUT2D eigenvalue weighted by Crippen LogP contribution is -2.52. The van der Waals surface area contributed by atoms with E-state index >= 15 is 0 Å². The summed E-state index contributed by atoms with van der Waals surface area (Å²) in [4.78, 5) is 25.9. The van der Waals surface area contributed by atoms with Gasteiger partial charge in [-0.2, -0.15) is 13.2 Å². The van der Waals surface area contributed by atoms with E-state index in [0.29, 0.717) is 11.4 Å². The van der Waals surface area contributed by atoms with E-state index in [-0.39, 0.29) is 13.0 Å². The lowest BCUT2D eigenvalue weighted by Gasteiger charge is -2.34. The molecule has 2 rings (SSSR count). The number of nitrogens with zero attached hydrogens (tertiary/aromatic N) is 2. The first-order chi connectivity index (χ1) is 9.36. The highest BCUT2D eigenvalue weighted by Crippen LogP contribution is 2.37. The van der Waals surface area contributed by atoms with Gasteiger partial charge in [0, 0.05) is 19.5 Å². The first kappa shape index (κ1) is 14.4. The molecule has 0 atom stereocenters. The number of rotatable bonds is 2. The Hall–Kier alpha value is -2.05. The zero-order valence-corrected chi connectivity index (χ0v) is 10.8. The average molecular weight is 286 g/mol. The Morgan fingerprint density at radius 2 is 1.85 bits per heavy atom. The van der Waals surface area contributed by atoms with Crippen LogP contribution >= 0.6 is 0 Å². The maximum Gasteiger partial charge on any atom is 0.418 e. The quantitative estimate of drug-likeness (QED) is 0.838. The molecule has 7 heteroatoms. The third-order valence-electron chi connectivity index (χ3n) is 3.14. The number of benzene rings is 1. The molecular weight excluding hydrogens is 273 g/mol. The third kappa shape index (κ3) is 2.48. The summed E-state index contributed by atoms with van der Waals surface area (Å²) in [6.07, 6.45) is -4.60. The van der Waals surface area contributed by atoms with Gasteiger partial charge in [0.15, 0.2) is 0 Å². The van der Waals surface area contributed by atoms with Crippen molar-refractivity contribution in [3.8, 4) is 0 Å². The Kier molecular flexibility index (Phi) is 3.69. The van der Waals surface area contributed by atoms with E-state index < -0.39 is 29.4 Å². The van der Waals surface area contributed by atoms with Crippen molar-refractivity contribution in [2.75, 3.05) is 18.0 Å². The van der Waals surface area contributed by atoms with Gasteiger partial charge in [-0.15, -0.1) is 0 Å². The van der Waals surface area contributed by atoms with Crippen molar-refractivity contribution in [2.24, 2.45) is 0 Å². The fraction of sp³-hybridized carbons (Fsp3) is 0.385. The fourth-order valence-electron chi connectivity index (χ4n) is 2.13. The molecule has 0 aliphatic carbocycles. The van der Waals surface area contributed by atoms with Crippen LogP contribution < -0.4 is 4.90 Å². The molecule has 1 aromatic rings. The zero-order valence-electron chi connectivity index (χ0n) is 10.8. The molecule has 108 valence electrons. The second-order valence-electron chi connectivity index (χ2n) is 4.36. The van der Waals surface area contributed by atoms with Crippen molar-refractivity contribution < 1.29 is 22.8 Å². The monoisotopic (exact) mass is 286 g/mol. The molecule has 0 radical (unpaired) electrons. The average Bonchev–Trinajstić information content (AvgIpc) is 2.38. The van der Waals surface area contributed by atoms with Crippen LogP contribution in [0.1, 0.15) is 18.9 Å². The number of para-hydroxylation sites is 1. The van der Waals surface area contributed by atoms with Crippen molar-refractivity contribution in [3.63, 3.8) is 0 Å². The van der Waals surface area contributed by atoms with Crippen molar-refractivity contribution >= 4 is 17.6 Å². The smallest absolute Gasteiger partial charge is 0.324 e. The lowest BCUT2D eigenvalue weighted by molar-refractivity contribution is -0.137. The van der Waals surface area contributed by atoms with E-state index in [1.807, 2.05) is 0 Å². The minimum absolute atomic E-state index is 0.0196. The molecule has 1 aliphatic rings. The summed E-state index contributed by atoms with van der Waals surface area (Å²) in [6.45, 7) is 2.29. The molecular formula is C13H13F3N2O2. The van der Waals surface area contributed by atoms with E-state index in [4.69, 9.17) is 0 Å². The van der Waals surface area contributed by atoms with E-state index in [9.17, 15) is 22.8 Å². The molecule has 1 aromatic carbocycles. The van der Waals surface area contributed by atoms with Crippen molar-refractivity contribution in [1.29, 1.82) is 0 Å². The summed E-state index contributed by atoms with van der Waals surface area (Å²) in [6, 6.07) is 3.89. The fourth-order valence-corrected chi connectivity index (χ4v) is 2.13. The van der Waals surface area contributed by atoms with Crippen molar-refractivity contribution in [2.45, 2.75) is 19.5 Å². The first-order valence-electron chi connectivity index (χ1n) is 6.14. The molecule has 1 saturated heterocycles. The van der Waals surface area contributed by atoms with Gasteiger partial charge >= 0.3 is 12.2 Å². The number of alkyl halides is 3. The van der Waals surface area contributed by atoms with Gasteiger partial charge < -0.3 is 4.90 Å². The van der Waals surface area contributed by atoms with Crippen LogP contribution in [0, 0.1) is 0 Å². The molecule has 20 heavy (non-hydrogen) atoms. The number of hydrogen-bond donors (Lipinski definition) is 0. The van der Waals surface area contributed by atoms with Gasteiger partial charge in [-0.25, -0.2) is 9.69 Å². The molecule has 0 spiro atoms. The van der Waals surface area contributed by atoms with Crippen LogP contribution in [-0.4, -0.2) is 29.9 Å². The second-order valence-corrected chi connectivity index (χ2v) is 4.36. The Bertz CT molecular complexity index is 543. The third-order valence-corrected chi connectivity index (χ3v) is 3.14. The second kappa shape index (κ2) is 5.15. The maximum atomic E-state index is 13.0. The van der Waals surface area contributed by atoms with Gasteiger partial charge in [-0.1, -0.05) is 12.1 Å². The Labute approximate surface area is 113 Å². The summed E-state index contributed by atoms with van der Waals surface area (Å²) in [5.41, 5.74) is -1.40. The van der Waals surface area contributed by atoms with E-state index in [1.165, 1.54) is 17.0 Å². The SMILES string of the molecule is CCN1CCC(=O)N(c2ccccc2C(F)(F)F)C1=O. The van der Waals surface area contributed by atoms with Crippen LogP contribution in [0.15, 0.2) is 24.3 Å². The highest BCUT2D eigenvalue weighted by molar-refractivity contribution is 6.16. The minimum atomic E-state index is -4.62. The zero-order chi connectivity index (χ0) is 14.9. The number of halogens is 3. The number of carbonyl (C=O) groups excluding carboxylic acids is 2. The molecule has 1 fully saturated rings. The number of amides is 3. The molecule has 4 nitrogen and oxygen atoms in total. The van der Waals surface area contributed by atoms with Crippen LogP contribution in [0.25, 0.3) is 0 Å². The Balaban J connectivity index is 2.49. The molecule has 0 saturated carbocycles. The van der Waals surface area contributed by atoms with Crippen LogP contribution in [0.5, 0.6) is 0 Å². The molecule has 1 aliphatic heterocycles. The number of anilines is 1. The highest BCUT2D eigenvalue weighted by Gasteiger charge is 2.40. The van der Waals surface area contributed by atoms with Gasteiger partial charge in [0.2, 0.25) is 5.91 Å². The number of hydrogen-bond acceptors (Lipinski definition) is 2. The standard InChI is InChI=1S/C13H13F3N2O2/c1-2-17-8-7-11(19)18(12(17)20)10-6-4-3-5-9(10)13(14,15)16/h3-6H,2,7-8H2,1H3. The first-order valence-corrected chi connectivity index (χ1v) is 6.14. The van der Waals surface area contributed by atoms with Crippen molar-refractivity contribution in [3.05, 3.63) is 29.8 Å². The van der Waals surface area contributed by atoms with E-state index in [0.717, 1.165) is 12.1 Å². The van der Waals surface area contributed by atoms with Gasteiger partial charge in [0.05, 0.1) is 11.3 Å².